The van der Waals surface area contributed by atoms with Gasteiger partial charge in [-0.15, -0.1) is 0 Å². The molecule has 1 unspecified atom stereocenters. The number of rotatable bonds is 9. The van der Waals surface area contributed by atoms with E-state index in [0.29, 0.717) is 5.92 Å². The standard InChI is InChI=1S/C32H45F/c1-3-7-31-21-16-27(23-32(31)33)11-10-25-12-17-29(18-13-25)30-19-14-26(15-20-30)22-24(2)28-8-5-4-6-9-28/h4-6,8-9,16,21,23-26,29-30H,3,7,10-15,17-20,22H2,1-2H3. The van der Waals surface area contributed by atoms with Crippen LogP contribution in [0, 0.1) is 29.5 Å². The lowest BCUT2D eigenvalue weighted by Gasteiger charge is -2.38. The molecule has 0 aliphatic heterocycles. The zero-order chi connectivity index (χ0) is 23.0. The Morgan fingerprint density at radius 2 is 1.42 bits per heavy atom. The first-order chi connectivity index (χ1) is 16.1. The fourth-order valence-electron chi connectivity index (χ4n) is 6.85. The van der Waals surface area contributed by atoms with Crippen molar-refractivity contribution in [2.24, 2.45) is 23.7 Å². The first-order valence-electron chi connectivity index (χ1n) is 13.9. The van der Waals surface area contributed by atoms with Gasteiger partial charge < -0.3 is 0 Å². The molecule has 0 radical (unpaired) electrons. The number of benzene rings is 2. The Bertz CT molecular complexity index is 825. The molecule has 2 fully saturated rings. The normalized spacial score (nSPS) is 26.8. The molecule has 0 heterocycles. The summed E-state index contributed by atoms with van der Waals surface area (Å²) in [5.74, 6) is 4.43. The minimum absolute atomic E-state index is 0.00632. The highest BCUT2D eigenvalue weighted by Gasteiger charge is 2.31. The molecule has 2 aliphatic carbocycles. The zero-order valence-electron chi connectivity index (χ0n) is 21.1. The van der Waals surface area contributed by atoms with E-state index in [9.17, 15) is 4.39 Å². The molecule has 0 nitrogen and oxygen atoms in total. The molecule has 0 spiro atoms. The maximum atomic E-state index is 14.2. The Morgan fingerprint density at radius 1 is 0.788 bits per heavy atom. The molecule has 2 saturated carbocycles. The lowest BCUT2D eigenvalue weighted by molar-refractivity contribution is 0.139. The second-order valence-electron chi connectivity index (χ2n) is 11.3. The predicted octanol–water partition coefficient (Wildman–Crippen LogP) is 9.52. The summed E-state index contributed by atoms with van der Waals surface area (Å²) in [6.07, 6.45) is 17.0. The molecule has 180 valence electrons. The summed E-state index contributed by atoms with van der Waals surface area (Å²) >= 11 is 0. The van der Waals surface area contributed by atoms with Gasteiger partial charge in [0.05, 0.1) is 0 Å². The highest BCUT2D eigenvalue weighted by atomic mass is 19.1. The first kappa shape index (κ1) is 24.5. The van der Waals surface area contributed by atoms with Crippen molar-refractivity contribution in [2.75, 3.05) is 0 Å². The van der Waals surface area contributed by atoms with Gasteiger partial charge in [-0.1, -0.05) is 88.4 Å². The number of halogens is 1. The van der Waals surface area contributed by atoms with E-state index in [1.165, 1.54) is 75.3 Å². The Morgan fingerprint density at radius 3 is 2.03 bits per heavy atom. The smallest absolute Gasteiger partial charge is 0.126 e. The van der Waals surface area contributed by atoms with Crippen LogP contribution in [0.15, 0.2) is 48.5 Å². The van der Waals surface area contributed by atoms with E-state index >= 15 is 0 Å². The zero-order valence-corrected chi connectivity index (χ0v) is 21.1. The van der Waals surface area contributed by atoms with Crippen molar-refractivity contribution in [3.05, 3.63) is 71.0 Å². The van der Waals surface area contributed by atoms with Crippen LogP contribution in [0.2, 0.25) is 0 Å². The van der Waals surface area contributed by atoms with E-state index in [2.05, 4.69) is 50.2 Å². The third kappa shape index (κ3) is 6.93. The van der Waals surface area contributed by atoms with Gasteiger partial charge in [-0.2, -0.15) is 0 Å². The van der Waals surface area contributed by atoms with Crippen LogP contribution in [0.25, 0.3) is 0 Å². The summed E-state index contributed by atoms with van der Waals surface area (Å²) in [7, 11) is 0. The molecule has 2 aromatic rings. The fraction of sp³-hybridized carbons (Fsp3) is 0.625. The van der Waals surface area contributed by atoms with Gasteiger partial charge in [0.2, 0.25) is 0 Å². The van der Waals surface area contributed by atoms with E-state index in [1.54, 1.807) is 6.07 Å². The van der Waals surface area contributed by atoms with E-state index in [0.717, 1.165) is 48.5 Å². The topological polar surface area (TPSA) is 0 Å². The highest BCUT2D eigenvalue weighted by Crippen LogP contribution is 2.44. The van der Waals surface area contributed by atoms with Gasteiger partial charge in [0.25, 0.3) is 0 Å². The van der Waals surface area contributed by atoms with Gasteiger partial charge in [0.1, 0.15) is 5.82 Å². The van der Waals surface area contributed by atoms with Crippen LogP contribution < -0.4 is 0 Å². The molecule has 0 saturated heterocycles. The lowest BCUT2D eigenvalue weighted by atomic mass is 9.67. The number of hydrogen-bond acceptors (Lipinski definition) is 0. The molecule has 0 aromatic heterocycles. The first-order valence-corrected chi connectivity index (χ1v) is 13.9. The maximum Gasteiger partial charge on any atom is 0.126 e. The summed E-state index contributed by atoms with van der Waals surface area (Å²) in [6, 6.07) is 17.1. The summed E-state index contributed by atoms with van der Waals surface area (Å²) in [4.78, 5) is 0. The van der Waals surface area contributed by atoms with Crippen LogP contribution in [-0.4, -0.2) is 0 Å². The van der Waals surface area contributed by atoms with Crippen molar-refractivity contribution in [1.82, 2.24) is 0 Å². The average molecular weight is 449 g/mol. The Balaban J connectivity index is 1.15. The predicted molar refractivity (Wildman–Crippen MR) is 139 cm³/mol. The minimum atomic E-state index is 0.00632. The van der Waals surface area contributed by atoms with Gasteiger partial charge in [0.15, 0.2) is 0 Å². The van der Waals surface area contributed by atoms with Crippen LogP contribution in [-0.2, 0) is 12.8 Å². The van der Waals surface area contributed by atoms with Crippen molar-refractivity contribution in [2.45, 2.75) is 103 Å². The van der Waals surface area contributed by atoms with E-state index < -0.39 is 0 Å². The van der Waals surface area contributed by atoms with Crippen molar-refractivity contribution >= 4 is 0 Å². The molecule has 1 atom stereocenters. The molecule has 2 aromatic carbocycles. The van der Waals surface area contributed by atoms with Gasteiger partial charge in [-0.05, 0) is 104 Å². The Hall–Kier alpha value is -1.63. The van der Waals surface area contributed by atoms with E-state index in [4.69, 9.17) is 0 Å². The second-order valence-corrected chi connectivity index (χ2v) is 11.3. The third-order valence-electron chi connectivity index (χ3n) is 8.98. The highest BCUT2D eigenvalue weighted by molar-refractivity contribution is 5.24. The molecule has 0 amide bonds. The quantitative estimate of drug-likeness (QED) is 0.358. The summed E-state index contributed by atoms with van der Waals surface area (Å²) in [5.41, 5.74) is 3.58. The molecular weight excluding hydrogens is 403 g/mol. The maximum absolute atomic E-state index is 14.2. The van der Waals surface area contributed by atoms with Gasteiger partial charge in [0, 0.05) is 0 Å². The Labute approximate surface area is 202 Å². The molecule has 0 bridgehead atoms. The molecule has 2 aliphatic rings. The third-order valence-corrected chi connectivity index (χ3v) is 8.98. The molecule has 1 heteroatoms. The Kier molecular flexibility index (Phi) is 9.04. The van der Waals surface area contributed by atoms with Crippen molar-refractivity contribution in [3.63, 3.8) is 0 Å². The van der Waals surface area contributed by atoms with Gasteiger partial charge >= 0.3 is 0 Å². The average Bonchev–Trinajstić information content (AvgIpc) is 2.86. The minimum Gasteiger partial charge on any atom is -0.207 e. The fourth-order valence-corrected chi connectivity index (χ4v) is 6.85. The largest absolute Gasteiger partial charge is 0.207 e. The van der Waals surface area contributed by atoms with Crippen molar-refractivity contribution in [3.8, 4) is 0 Å². The molecule has 4 rings (SSSR count). The lowest BCUT2D eigenvalue weighted by Crippen LogP contribution is -2.26. The van der Waals surface area contributed by atoms with Crippen LogP contribution in [0.3, 0.4) is 0 Å². The van der Waals surface area contributed by atoms with Crippen LogP contribution in [0.1, 0.15) is 107 Å². The summed E-state index contributed by atoms with van der Waals surface area (Å²) in [6.45, 7) is 4.53. The van der Waals surface area contributed by atoms with Crippen LogP contribution in [0.4, 0.5) is 4.39 Å². The summed E-state index contributed by atoms with van der Waals surface area (Å²) < 4.78 is 14.2. The number of hydrogen-bond donors (Lipinski definition) is 0. The monoisotopic (exact) mass is 448 g/mol. The van der Waals surface area contributed by atoms with E-state index in [-0.39, 0.29) is 5.82 Å². The van der Waals surface area contributed by atoms with Crippen molar-refractivity contribution < 1.29 is 4.39 Å². The SMILES string of the molecule is CCCc1ccc(CCC2CCC(C3CCC(CC(C)c4ccccc4)CC3)CC2)cc1F. The second kappa shape index (κ2) is 12.2. The van der Waals surface area contributed by atoms with E-state index in [1.807, 2.05) is 6.07 Å². The van der Waals surface area contributed by atoms with Gasteiger partial charge in [-0.3, -0.25) is 0 Å². The molecule has 33 heavy (non-hydrogen) atoms. The van der Waals surface area contributed by atoms with Gasteiger partial charge in [-0.25, -0.2) is 4.39 Å². The van der Waals surface area contributed by atoms with Crippen LogP contribution in [0.5, 0.6) is 0 Å². The van der Waals surface area contributed by atoms with Crippen LogP contribution >= 0.6 is 0 Å². The molecular formula is C32H45F. The number of aryl methyl sites for hydroxylation is 2. The molecule has 0 N–H and O–H groups in total. The van der Waals surface area contributed by atoms with Crippen molar-refractivity contribution in [1.29, 1.82) is 0 Å². The summed E-state index contributed by atoms with van der Waals surface area (Å²) in [5, 5.41) is 0.